The molecule has 0 spiro atoms. The van der Waals surface area contributed by atoms with Gasteiger partial charge in [-0.1, -0.05) is 12.1 Å². The molecule has 1 aliphatic rings. The average molecular weight is 272 g/mol. The van der Waals surface area contributed by atoms with Crippen molar-refractivity contribution in [2.45, 2.75) is 25.2 Å². The maximum absolute atomic E-state index is 10.0. The van der Waals surface area contributed by atoms with Crippen LogP contribution in [0.15, 0.2) is 30.5 Å². The monoisotopic (exact) mass is 272 g/mol. The van der Waals surface area contributed by atoms with Gasteiger partial charge in [0.1, 0.15) is 11.4 Å². The second kappa shape index (κ2) is 5.54. The third kappa shape index (κ3) is 2.49. The van der Waals surface area contributed by atoms with Crippen molar-refractivity contribution in [3.8, 4) is 11.4 Å². The van der Waals surface area contributed by atoms with Crippen molar-refractivity contribution in [3.63, 3.8) is 0 Å². The summed E-state index contributed by atoms with van der Waals surface area (Å²) in [6, 6.07) is 7.31. The quantitative estimate of drug-likeness (QED) is 0.705. The molecule has 5 nitrogen and oxygen atoms in total. The standard InChI is InChI=1S/C15H20N4O/c16-8-3-9-17-12-10-18-19(15(12)11-6-7-11)13-4-1-2-5-14(13)20/h1-2,4-5,10-11,17,20H,3,6-9,16H2. The predicted molar refractivity (Wildman–Crippen MR) is 79.4 cm³/mol. The van der Waals surface area contributed by atoms with Crippen LogP contribution in [0, 0.1) is 0 Å². The van der Waals surface area contributed by atoms with Gasteiger partial charge in [0.05, 0.1) is 17.6 Å². The van der Waals surface area contributed by atoms with Crippen molar-refractivity contribution >= 4 is 5.69 Å². The molecule has 1 heterocycles. The fourth-order valence-corrected chi connectivity index (χ4v) is 2.40. The molecule has 0 atom stereocenters. The van der Waals surface area contributed by atoms with E-state index in [-0.39, 0.29) is 5.75 Å². The topological polar surface area (TPSA) is 76.1 Å². The van der Waals surface area contributed by atoms with E-state index in [0.717, 1.165) is 24.3 Å². The van der Waals surface area contributed by atoms with Crippen LogP contribution in [0.5, 0.6) is 5.75 Å². The number of rotatable bonds is 6. The number of para-hydroxylation sites is 2. The SMILES string of the molecule is NCCCNc1cnn(-c2ccccc2O)c1C1CC1. The molecule has 5 heteroatoms. The smallest absolute Gasteiger partial charge is 0.141 e. The molecule has 3 rings (SSSR count). The van der Waals surface area contributed by atoms with Crippen molar-refractivity contribution in [2.24, 2.45) is 5.73 Å². The highest BCUT2D eigenvalue weighted by atomic mass is 16.3. The number of phenols is 1. The van der Waals surface area contributed by atoms with E-state index in [4.69, 9.17) is 5.73 Å². The highest BCUT2D eigenvalue weighted by Crippen LogP contribution is 2.44. The number of aromatic nitrogens is 2. The van der Waals surface area contributed by atoms with Gasteiger partial charge in [0.2, 0.25) is 0 Å². The van der Waals surface area contributed by atoms with Crippen molar-refractivity contribution < 1.29 is 5.11 Å². The number of hydrogen-bond acceptors (Lipinski definition) is 4. The van der Waals surface area contributed by atoms with Crippen LogP contribution < -0.4 is 11.1 Å². The molecule has 2 aromatic rings. The number of anilines is 1. The number of nitrogens with one attached hydrogen (secondary N) is 1. The van der Waals surface area contributed by atoms with Crippen molar-refractivity contribution in [3.05, 3.63) is 36.2 Å². The summed E-state index contributed by atoms with van der Waals surface area (Å²) in [6.07, 6.45) is 5.15. The Morgan fingerprint density at radius 2 is 2.15 bits per heavy atom. The van der Waals surface area contributed by atoms with E-state index in [1.165, 1.54) is 18.5 Å². The van der Waals surface area contributed by atoms with Crippen LogP contribution in [0.25, 0.3) is 5.69 Å². The molecule has 0 aliphatic heterocycles. The molecule has 0 unspecified atom stereocenters. The van der Waals surface area contributed by atoms with Gasteiger partial charge in [0, 0.05) is 12.5 Å². The first-order chi connectivity index (χ1) is 9.81. The second-order valence-corrected chi connectivity index (χ2v) is 5.19. The summed E-state index contributed by atoms with van der Waals surface area (Å²) in [5, 5.41) is 17.9. The molecule has 1 fully saturated rings. The van der Waals surface area contributed by atoms with Crippen LogP contribution in [-0.4, -0.2) is 28.0 Å². The molecule has 0 saturated heterocycles. The number of benzene rings is 1. The van der Waals surface area contributed by atoms with Gasteiger partial charge >= 0.3 is 0 Å². The predicted octanol–water partition coefficient (Wildman–Crippen LogP) is 2.22. The van der Waals surface area contributed by atoms with E-state index < -0.39 is 0 Å². The first-order valence-electron chi connectivity index (χ1n) is 7.11. The van der Waals surface area contributed by atoms with E-state index >= 15 is 0 Å². The molecule has 0 bridgehead atoms. The summed E-state index contributed by atoms with van der Waals surface area (Å²) in [7, 11) is 0. The van der Waals surface area contributed by atoms with Crippen LogP contribution >= 0.6 is 0 Å². The Kier molecular flexibility index (Phi) is 3.60. The van der Waals surface area contributed by atoms with Crippen molar-refractivity contribution in [1.82, 2.24) is 9.78 Å². The Bertz CT molecular complexity index is 589. The first-order valence-corrected chi connectivity index (χ1v) is 7.11. The van der Waals surface area contributed by atoms with Crippen LogP contribution in [0.2, 0.25) is 0 Å². The minimum atomic E-state index is 0.256. The van der Waals surface area contributed by atoms with Crippen LogP contribution in [-0.2, 0) is 0 Å². The lowest BCUT2D eigenvalue weighted by Crippen LogP contribution is -2.10. The maximum Gasteiger partial charge on any atom is 0.141 e. The largest absolute Gasteiger partial charge is 0.506 e. The zero-order chi connectivity index (χ0) is 13.9. The van der Waals surface area contributed by atoms with E-state index in [2.05, 4.69) is 10.4 Å². The van der Waals surface area contributed by atoms with Gasteiger partial charge < -0.3 is 16.2 Å². The lowest BCUT2D eigenvalue weighted by Gasteiger charge is -2.11. The lowest BCUT2D eigenvalue weighted by atomic mass is 10.2. The number of aromatic hydroxyl groups is 1. The molecule has 1 aromatic heterocycles. The average Bonchev–Trinajstić information content (AvgIpc) is 3.21. The van der Waals surface area contributed by atoms with E-state index in [0.29, 0.717) is 12.5 Å². The highest BCUT2D eigenvalue weighted by molar-refractivity contribution is 5.55. The summed E-state index contributed by atoms with van der Waals surface area (Å²) in [4.78, 5) is 0. The summed E-state index contributed by atoms with van der Waals surface area (Å²) in [5.74, 6) is 0.795. The van der Waals surface area contributed by atoms with Crippen LogP contribution in [0.1, 0.15) is 30.9 Å². The maximum atomic E-state index is 10.0. The zero-order valence-electron chi connectivity index (χ0n) is 11.4. The van der Waals surface area contributed by atoms with Crippen molar-refractivity contribution in [1.29, 1.82) is 0 Å². The molecular weight excluding hydrogens is 252 g/mol. The highest BCUT2D eigenvalue weighted by Gasteiger charge is 2.31. The Morgan fingerprint density at radius 3 is 2.85 bits per heavy atom. The van der Waals surface area contributed by atoms with E-state index in [1.54, 1.807) is 6.07 Å². The Hall–Kier alpha value is -2.01. The van der Waals surface area contributed by atoms with Gasteiger partial charge in [0.25, 0.3) is 0 Å². The number of nitrogens with two attached hydrogens (primary N) is 1. The summed E-state index contributed by atoms with van der Waals surface area (Å²) in [6.45, 7) is 1.53. The van der Waals surface area contributed by atoms with Crippen molar-refractivity contribution in [2.75, 3.05) is 18.4 Å². The van der Waals surface area contributed by atoms with Gasteiger partial charge in [-0.25, -0.2) is 4.68 Å². The van der Waals surface area contributed by atoms with Gasteiger partial charge in [-0.15, -0.1) is 0 Å². The molecule has 1 saturated carbocycles. The summed E-state index contributed by atoms with van der Waals surface area (Å²) in [5.41, 5.74) is 8.49. The van der Waals surface area contributed by atoms with E-state index in [1.807, 2.05) is 29.1 Å². The van der Waals surface area contributed by atoms with Gasteiger partial charge in [-0.05, 0) is 37.9 Å². The zero-order valence-corrected chi connectivity index (χ0v) is 11.4. The third-order valence-electron chi connectivity index (χ3n) is 3.58. The van der Waals surface area contributed by atoms with E-state index in [9.17, 15) is 5.11 Å². The number of nitrogens with zero attached hydrogens (tertiary/aromatic N) is 2. The molecule has 20 heavy (non-hydrogen) atoms. The Labute approximate surface area is 118 Å². The molecular formula is C15H20N4O. The fraction of sp³-hybridized carbons (Fsp3) is 0.400. The molecule has 0 radical (unpaired) electrons. The molecule has 106 valence electrons. The van der Waals surface area contributed by atoms with Crippen LogP contribution in [0.4, 0.5) is 5.69 Å². The first kappa shape index (κ1) is 13.0. The summed E-state index contributed by atoms with van der Waals surface area (Å²) >= 11 is 0. The molecule has 1 aliphatic carbocycles. The fourth-order valence-electron chi connectivity index (χ4n) is 2.40. The summed E-state index contributed by atoms with van der Waals surface area (Å²) < 4.78 is 1.86. The van der Waals surface area contributed by atoms with Gasteiger partial charge in [-0.3, -0.25) is 0 Å². The molecule has 4 N–H and O–H groups in total. The minimum absolute atomic E-state index is 0.256. The Balaban J connectivity index is 1.93. The third-order valence-corrected chi connectivity index (χ3v) is 3.58. The number of hydrogen-bond donors (Lipinski definition) is 3. The minimum Gasteiger partial charge on any atom is -0.506 e. The number of phenolic OH excluding ortho intramolecular Hbond substituents is 1. The van der Waals surface area contributed by atoms with Gasteiger partial charge in [0.15, 0.2) is 0 Å². The second-order valence-electron chi connectivity index (χ2n) is 5.19. The molecule has 0 amide bonds. The molecule has 1 aromatic carbocycles. The van der Waals surface area contributed by atoms with Gasteiger partial charge in [-0.2, -0.15) is 5.10 Å². The van der Waals surface area contributed by atoms with Crippen LogP contribution in [0.3, 0.4) is 0 Å². The Morgan fingerprint density at radius 1 is 1.35 bits per heavy atom. The normalized spacial score (nSPS) is 14.4. The lowest BCUT2D eigenvalue weighted by molar-refractivity contribution is 0.469.